The molecule has 1 N–H and O–H groups in total. The minimum atomic E-state index is -3.60. The van der Waals surface area contributed by atoms with Gasteiger partial charge in [0.05, 0.1) is 17.7 Å². The molecule has 4 rings (SSSR count). The summed E-state index contributed by atoms with van der Waals surface area (Å²) >= 11 is 0. The minimum absolute atomic E-state index is 0.279. The van der Waals surface area contributed by atoms with E-state index in [9.17, 15) is 8.42 Å². The van der Waals surface area contributed by atoms with Crippen molar-refractivity contribution in [3.05, 3.63) is 66.2 Å². The van der Waals surface area contributed by atoms with E-state index in [-0.39, 0.29) is 4.90 Å². The van der Waals surface area contributed by atoms with Crippen molar-refractivity contribution < 1.29 is 13.2 Å². The van der Waals surface area contributed by atoms with Gasteiger partial charge in [0, 0.05) is 19.6 Å². The summed E-state index contributed by atoms with van der Waals surface area (Å²) in [4.78, 5) is 2.50. The maximum atomic E-state index is 13.0. The Morgan fingerprint density at radius 2 is 1.73 bits per heavy atom. The van der Waals surface area contributed by atoms with Crippen molar-refractivity contribution in [1.29, 1.82) is 0 Å². The molecule has 0 bridgehead atoms. The largest absolute Gasteiger partial charge is 0.495 e. The van der Waals surface area contributed by atoms with Gasteiger partial charge >= 0.3 is 0 Å². The summed E-state index contributed by atoms with van der Waals surface area (Å²) in [6.45, 7) is 2.20. The van der Waals surface area contributed by atoms with Crippen LogP contribution in [0.3, 0.4) is 0 Å². The fraction of sp³-hybridized carbons (Fsp3) is 0.333. The Balaban J connectivity index is 1.50. The molecule has 0 aliphatic carbocycles. The summed E-state index contributed by atoms with van der Waals surface area (Å²) in [6.07, 6.45) is 4.08. The molecule has 0 unspecified atom stereocenters. The lowest BCUT2D eigenvalue weighted by atomic mass is 10.0. The average molecular weight is 425 g/mol. The zero-order valence-corrected chi connectivity index (χ0v) is 18.1. The highest BCUT2D eigenvalue weighted by molar-refractivity contribution is 7.89. The third-order valence-electron chi connectivity index (χ3n) is 5.72. The van der Waals surface area contributed by atoms with Crippen LogP contribution in [-0.4, -0.2) is 35.2 Å². The fourth-order valence-electron chi connectivity index (χ4n) is 4.13. The third kappa shape index (κ3) is 4.45. The summed E-state index contributed by atoms with van der Waals surface area (Å²) in [7, 11) is -1.98. The van der Waals surface area contributed by atoms with Crippen molar-refractivity contribution in [3.63, 3.8) is 0 Å². The van der Waals surface area contributed by atoms with Crippen LogP contribution in [0.4, 0.5) is 5.69 Å². The molecule has 30 heavy (non-hydrogen) atoms. The summed E-state index contributed by atoms with van der Waals surface area (Å²) < 4.78 is 34.2. The van der Waals surface area contributed by atoms with Crippen LogP contribution in [0.25, 0.3) is 10.8 Å². The number of sulfonamides is 1. The van der Waals surface area contributed by atoms with E-state index >= 15 is 0 Å². The van der Waals surface area contributed by atoms with Gasteiger partial charge in [0.2, 0.25) is 10.0 Å². The summed E-state index contributed by atoms with van der Waals surface area (Å²) in [6, 6.07) is 19.4. The van der Waals surface area contributed by atoms with Gasteiger partial charge in [0.25, 0.3) is 0 Å². The highest BCUT2D eigenvalue weighted by Gasteiger charge is 2.20. The lowest BCUT2D eigenvalue weighted by Gasteiger charge is -2.30. The Hall–Kier alpha value is -2.57. The van der Waals surface area contributed by atoms with Gasteiger partial charge < -0.3 is 9.64 Å². The quantitative estimate of drug-likeness (QED) is 0.612. The van der Waals surface area contributed by atoms with Gasteiger partial charge in [0.1, 0.15) is 5.75 Å². The van der Waals surface area contributed by atoms with Gasteiger partial charge in [-0.25, -0.2) is 13.1 Å². The molecular weight excluding hydrogens is 396 g/mol. The first-order valence-electron chi connectivity index (χ1n) is 10.5. The number of methoxy groups -OCH3 is 1. The number of nitrogens with one attached hydrogen (secondary N) is 1. The molecule has 1 aliphatic heterocycles. The predicted octanol–water partition coefficient (Wildman–Crippen LogP) is 4.36. The Morgan fingerprint density at radius 3 is 2.53 bits per heavy atom. The maximum Gasteiger partial charge on any atom is 0.240 e. The normalized spacial score (nSPS) is 14.8. The first kappa shape index (κ1) is 20.7. The number of nitrogens with zero attached hydrogens (tertiary/aromatic N) is 1. The van der Waals surface area contributed by atoms with E-state index in [1.54, 1.807) is 25.3 Å². The monoisotopic (exact) mass is 424 g/mol. The van der Waals surface area contributed by atoms with Crippen LogP contribution >= 0.6 is 0 Å². The zero-order chi connectivity index (χ0) is 21.0. The average Bonchev–Trinajstić information content (AvgIpc) is 2.79. The molecule has 1 aliphatic rings. The van der Waals surface area contributed by atoms with Crippen molar-refractivity contribution >= 4 is 26.5 Å². The van der Waals surface area contributed by atoms with Crippen molar-refractivity contribution in [2.75, 3.05) is 31.6 Å². The van der Waals surface area contributed by atoms with Crippen molar-refractivity contribution in [2.24, 2.45) is 0 Å². The zero-order valence-electron chi connectivity index (χ0n) is 17.3. The molecule has 0 radical (unpaired) electrons. The molecule has 1 heterocycles. The first-order valence-corrected chi connectivity index (χ1v) is 12.0. The maximum absolute atomic E-state index is 13.0. The molecule has 0 aromatic heterocycles. The second-order valence-corrected chi connectivity index (χ2v) is 9.43. The second-order valence-electron chi connectivity index (χ2n) is 7.67. The Bertz CT molecular complexity index is 1120. The molecule has 158 valence electrons. The van der Waals surface area contributed by atoms with E-state index in [2.05, 4.69) is 33.9 Å². The predicted molar refractivity (Wildman–Crippen MR) is 122 cm³/mol. The topological polar surface area (TPSA) is 58.6 Å². The number of rotatable bonds is 7. The molecule has 0 amide bonds. The van der Waals surface area contributed by atoms with Crippen molar-refractivity contribution in [2.45, 2.75) is 30.6 Å². The van der Waals surface area contributed by atoms with E-state index in [0.29, 0.717) is 18.7 Å². The Kier molecular flexibility index (Phi) is 6.25. The molecule has 0 saturated carbocycles. The molecule has 3 aromatic rings. The molecule has 1 saturated heterocycles. The second kappa shape index (κ2) is 9.06. The van der Waals surface area contributed by atoms with Crippen LogP contribution in [0, 0.1) is 0 Å². The number of ether oxygens (including phenoxy) is 1. The standard InChI is InChI=1S/C24H28N2O3S/c1-29-24-13-12-21(18-23(24)26-16-5-2-6-17-26)30(27,28)25-15-14-20-10-7-9-19-8-3-4-11-22(19)20/h3-4,7-13,18,25H,2,5-6,14-17H2,1H3. The lowest BCUT2D eigenvalue weighted by Crippen LogP contribution is -2.30. The van der Waals surface area contributed by atoms with Crippen molar-refractivity contribution in [1.82, 2.24) is 4.72 Å². The van der Waals surface area contributed by atoms with Gasteiger partial charge in [-0.2, -0.15) is 0 Å². The minimum Gasteiger partial charge on any atom is -0.495 e. The smallest absolute Gasteiger partial charge is 0.240 e. The molecule has 6 heteroatoms. The van der Waals surface area contributed by atoms with E-state index in [1.165, 1.54) is 11.8 Å². The van der Waals surface area contributed by atoms with Gasteiger partial charge in [0.15, 0.2) is 0 Å². The molecule has 5 nitrogen and oxygen atoms in total. The van der Waals surface area contributed by atoms with Gasteiger partial charge in [-0.15, -0.1) is 0 Å². The molecular formula is C24H28N2O3S. The molecule has 0 spiro atoms. The van der Waals surface area contributed by atoms with Crippen LogP contribution < -0.4 is 14.4 Å². The Labute approximate surface area is 178 Å². The number of anilines is 1. The van der Waals surface area contributed by atoms with E-state index < -0.39 is 10.0 Å². The molecule has 3 aromatic carbocycles. The first-order chi connectivity index (χ1) is 14.6. The summed E-state index contributed by atoms with van der Waals surface area (Å²) in [5, 5.41) is 2.33. The highest BCUT2D eigenvalue weighted by Crippen LogP contribution is 2.32. The summed E-state index contributed by atoms with van der Waals surface area (Å²) in [5.74, 6) is 0.714. The van der Waals surface area contributed by atoms with Crippen LogP contribution in [0.2, 0.25) is 0 Å². The van der Waals surface area contributed by atoms with Gasteiger partial charge in [-0.1, -0.05) is 42.5 Å². The molecule has 0 atom stereocenters. The summed E-state index contributed by atoms with van der Waals surface area (Å²) in [5.41, 5.74) is 1.99. The van der Waals surface area contributed by atoms with Crippen LogP contribution in [0.1, 0.15) is 24.8 Å². The number of benzene rings is 3. The van der Waals surface area contributed by atoms with Gasteiger partial charge in [-0.3, -0.25) is 0 Å². The SMILES string of the molecule is COc1ccc(S(=O)(=O)NCCc2cccc3ccccc23)cc1N1CCCCC1. The lowest BCUT2D eigenvalue weighted by molar-refractivity contribution is 0.412. The van der Waals surface area contributed by atoms with E-state index in [1.807, 2.05) is 18.2 Å². The number of hydrogen-bond donors (Lipinski definition) is 1. The van der Waals surface area contributed by atoms with Crippen molar-refractivity contribution in [3.8, 4) is 5.75 Å². The number of piperidine rings is 1. The number of fused-ring (bicyclic) bond motifs is 1. The van der Waals surface area contributed by atoms with E-state index in [4.69, 9.17) is 4.74 Å². The van der Waals surface area contributed by atoms with Gasteiger partial charge in [-0.05, 0) is 60.2 Å². The third-order valence-corrected chi connectivity index (χ3v) is 7.18. The molecule has 1 fully saturated rings. The van der Waals surface area contributed by atoms with Crippen LogP contribution in [0.15, 0.2) is 65.6 Å². The Morgan fingerprint density at radius 1 is 0.967 bits per heavy atom. The van der Waals surface area contributed by atoms with Crippen LogP contribution in [0.5, 0.6) is 5.75 Å². The van der Waals surface area contributed by atoms with E-state index in [0.717, 1.165) is 42.6 Å². The van der Waals surface area contributed by atoms with Crippen LogP contribution in [-0.2, 0) is 16.4 Å². The number of hydrogen-bond acceptors (Lipinski definition) is 4. The highest BCUT2D eigenvalue weighted by atomic mass is 32.2. The fourth-order valence-corrected chi connectivity index (χ4v) is 5.18.